The molecule has 2 aromatic rings. The van der Waals surface area contributed by atoms with Gasteiger partial charge in [-0.25, -0.2) is 0 Å². The first-order valence-corrected chi connectivity index (χ1v) is 8.66. The molecule has 0 fully saturated rings. The Kier molecular flexibility index (Phi) is 6.55. The molecule has 0 aliphatic rings. The molecule has 0 heterocycles. The molecule has 2 amide bonds. The molecule has 0 spiro atoms. The molecule has 0 aromatic heterocycles. The highest BCUT2D eigenvalue weighted by Gasteiger charge is 2.09. The number of nitrogens with one attached hydrogen (secondary N) is 2. The average molecular weight is 389 g/mol. The molecule has 0 aliphatic heterocycles. The Labute approximate surface area is 150 Å². The van der Waals surface area contributed by atoms with Crippen LogP contribution in [0.25, 0.3) is 0 Å². The summed E-state index contributed by atoms with van der Waals surface area (Å²) in [5, 5.41) is 5.70. The molecular formula is C19H21BrN2O2. The maximum atomic E-state index is 12.1. The minimum Gasteiger partial charge on any atom is -0.352 e. The predicted molar refractivity (Wildman–Crippen MR) is 100 cm³/mol. The Balaban J connectivity index is 1.97. The summed E-state index contributed by atoms with van der Waals surface area (Å²) in [5.41, 5.74) is 2.09. The van der Waals surface area contributed by atoms with Crippen LogP contribution >= 0.6 is 15.9 Å². The van der Waals surface area contributed by atoms with Crippen LogP contribution in [-0.4, -0.2) is 18.4 Å². The summed E-state index contributed by atoms with van der Waals surface area (Å²) < 4.78 is 0.978. The van der Waals surface area contributed by atoms with Gasteiger partial charge in [0.15, 0.2) is 0 Å². The summed E-state index contributed by atoms with van der Waals surface area (Å²) in [6.07, 6.45) is 0.289. The summed E-state index contributed by atoms with van der Waals surface area (Å²) in [7, 11) is 0. The number of carbonyl (C=O) groups is 2. The van der Waals surface area contributed by atoms with Crippen LogP contribution in [0.1, 0.15) is 29.8 Å². The zero-order valence-electron chi connectivity index (χ0n) is 13.8. The van der Waals surface area contributed by atoms with Crippen molar-refractivity contribution in [3.63, 3.8) is 0 Å². The summed E-state index contributed by atoms with van der Waals surface area (Å²) >= 11 is 3.37. The van der Waals surface area contributed by atoms with Crippen molar-refractivity contribution in [3.8, 4) is 0 Å². The van der Waals surface area contributed by atoms with E-state index in [0.717, 1.165) is 10.0 Å². The molecule has 0 bridgehead atoms. The highest BCUT2D eigenvalue weighted by molar-refractivity contribution is 9.10. The fourth-order valence-corrected chi connectivity index (χ4v) is 2.39. The van der Waals surface area contributed by atoms with E-state index >= 15 is 0 Å². The van der Waals surface area contributed by atoms with Gasteiger partial charge in [-0.15, -0.1) is 0 Å². The van der Waals surface area contributed by atoms with Crippen LogP contribution in [0.2, 0.25) is 0 Å². The van der Waals surface area contributed by atoms with E-state index in [2.05, 4.69) is 26.6 Å². The van der Waals surface area contributed by atoms with Crippen molar-refractivity contribution in [2.24, 2.45) is 5.92 Å². The number of rotatable bonds is 6. The number of halogens is 1. The maximum absolute atomic E-state index is 12.1. The molecule has 24 heavy (non-hydrogen) atoms. The van der Waals surface area contributed by atoms with Crippen LogP contribution in [0.5, 0.6) is 0 Å². The van der Waals surface area contributed by atoms with E-state index in [9.17, 15) is 9.59 Å². The Bertz CT molecular complexity index is 712. The molecule has 2 aromatic carbocycles. The zero-order chi connectivity index (χ0) is 17.5. The number of amides is 2. The number of hydrogen-bond donors (Lipinski definition) is 2. The standard InChI is InChI=1S/C19H21BrN2O2/c1-13(2)12-21-19(24)15-4-3-5-17(11-15)22-18(23)10-14-6-8-16(20)9-7-14/h3-9,11,13H,10,12H2,1-2H3,(H,21,24)(H,22,23). The number of carbonyl (C=O) groups excluding carboxylic acids is 2. The first kappa shape index (κ1) is 18.2. The van der Waals surface area contributed by atoms with Gasteiger partial charge in [-0.3, -0.25) is 9.59 Å². The van der Waals surface area contributed by atoms with Crippen LogP contribution in [0.4, 0.5) is 5.69 Å². The SMILES string of the molecule is CC(C)CNC(=O)c1cccc(NC(=O)Cc2ccc(Br)cc2)c1. The molecule has 0 radical (unpaired) electrons. The van der Waals surface area contributed by atoms with Crippen LogP contribution in [0.15, 0.2) is 53.0 Å². The van der Waals surface area contributed by atoms with Crippen LogP contribution in [-0.2, 0) is 11.2 Å². The Hall–Kier alpha value is -2.14. The first-order valence-electron chi connectivity index (χ1n) is 7.86. The van der Waals surface area contributed by atoms with Crippen LogP contribution < -0.4 is 10.6 Å². The lowest BCUT2D eigenvalue weighted by Crippen LogP contribution is -2.27. The first-order chi connectivity index (χ1) is 11.4. The molecule has 2 N–H and O–H groups in total. The van der Waals surface area contributed by atoms with E-state index in [1.807, 2.05) is 38.1 Å². The summed E-state index contributed by atoms with van der Waals surface area (Å²) in [4.78, 5) is 24.2. The van der Waals surface area contributed by atoms with Crippen molar-refractivity contribution in [2.45, 2.75) is 20.3 Å². The largest absolute Gasteiger partial charge is 0.352 e. The van der Waals surface area contributed by atoms with Gasteiger partial charge in [0.2, 0.25) is 5.91 Å². The normalized spacial score (nSPS) is 10.5. The molecule has 126 valence electrons. The summed E-state index contributed by atoms with van der Waals surface area (Å²) in [5.74, 6) is 0.146. The lowest BCUT2D eigenvalue weighted by molar-refractivity contribution is -0.115. The zero-order valence-corrected chi connectivity index (χ0v) is 15.4. The molecule has 4 nitrogen and oxygen atoms in total. The van der Waals surface area contributed by atoms with Crippen molar-refractivity contribution >= 4 is 33.4 Å². The second-order valence-electron chi connectivity index (χ2n) is 6.04. The Morgan fingerprint density at radius 3 is 2.46 bits per heavy atom. The van der Waals surface area contributed by atoms with Crippen molar-refractivity contribution in [2.75, 3.05) is 11.9 Å². The van der Waals surface area contributed by atoms with Crippen molar-refractivity contribution in [1.82, 2.24) is 5.32 Å². The lowest BCUT2D eigenvalue weighted by Gasteiger charge is -2.10. The van der Waals surface area contributed by atoms with E-state index in [-0.39, 0.29) is 18.2 Å². The van der Waals surface area contributed by atoms with Crippen molar-refractivity contribution in [3.05, 3.63) is 64.1 Å². The average Bonchev–Trinajstić information content (AvgIpc) is 2.55. The van der Waals surface area contributed by atoms with E-state index in [1.165, 1.54) is 0 Å². The highest BCUT2D eigenvalue weighted by atomic mass is 79.9. The lowest BCUT2D eigenvalue weighted by atomic mass is 10.1. The molecule has 0 atom stereocenters. The van der Waals surface area contributed by atoms with Gasteiger partial charge in [0.05, 0.1) is 6.42 Å². The molecule has 5 heteroatoms. The fourth-order valence-electron chi connectivity index (χ4n) is 2.13. The maximum Gasteiger partial charge on any atom is 0.251 e. The molecule has 0 saturated carbocycles. The monoisotopic (exact) mass is 388 g/mol. The number of hydrogen-bond acceptors (Lipinski definition) is 2. The summed E-state index contributed by atoms with van der Waals surface area (Å²) in [6, 6.07) is 14.6. The van der Waals surface area contributed by atoms with Gasteiger partial charge in [-0.1, -0.05) is 48.0 Å². The van der Waals surface area contributed by atoms with E-state index < -0.39 is 0 Å². The van der Waals surface area contributed by atoms with Gasteiger partial charge < -0.3 is 10.6 Å². The van der Waals surface area contributed by atoms with Crippen LogP contribution in [0.3, 0.4) is 0 Å². The minimum absolute atomic E-state index is 0.114. The van der Waals surface area contributed by atoms with Gasteiger partial charge in [0.25, 0.3) is 5.91 Å². The highest BCUT2D eigenvalue weighted by Crippen LogP contribution is 2.14. The topological polar surface area (TPSA) is 58.2 Å². The minimum atomic E-state index is -0.132. The predicted octanol–water partition coefficient (Wildman–Crippen LogP) is 4.02. The van der Waals surface area contributed by atoms with E-state index in [1.54, 1.807) is 24.3 Å². The third-order valence-corrected chi connectivity index (χ3v) is 3.89. The third-order valence-electron chi connectivity index (χ3n) is 3.36. The second-order valence-corrected chi connectivity index (χ2v) is 6.95. The Morgan fingerprint density at radius 2 is 1.79 bits per heavy atom. The fraction of sp³-hybridized carbons (Fsp3) is 0.263. The van der Waals surface area contributed by atoms with Gasteiger partial charge in [0, 0.05) is 22.3 Å². The molecule has 0 saturated heterocycles. The quantitative estimate of drug-likeness (QED) is 0.784. The number of anilines is 1. The molecule has 0 unspecified atom stereocenters. The summed E-state index contributed by atoms with van der Waals surface area (Å²) in [6.45, 7) is 4.71. The third kappa shape index (κ3) is 5.81. The van der Waals surface area contributed by atoms with Gasteiger partial charge in [-0.05, 0) is 41.8 Å². The smallest absolute Gasteiger partial charge is 0.251 e. The van der Waals surface area contributed by atoms with Crippen molar-refractivity contribution < 1.29 is 9.59 Å². The van der Waals surface area contributed by atoms with Crippen molar-refractivity contribution in [1.29, 1.82) is 0 Å². The molecule has 2 rings (SSSR count). The van der Waals surface area contributed by atoms with Crippen LogP contribution in [0, 0.1) is 5.92 Å². The van der Waals surface area contributed by atoms with Gasteiger partial charge >= 0.3 is 0 Å². The van der Waals surface area contributed by atoms with Gasteiger partial charge in [0.1, 0.15) is 0 Å². The second kappa shape index (κ2) is 8.64. The molecule has 0 aliphatic carbocycles. The van der Waals surface area contributed by atoms with Gasteiger partial charge in [-0.2, -0.15) is 0 Å². The van der Waals surface area contributed by atoms with E-state index in [4.69, 9.17) is 0 Å². The number of benzene rings is 2. The molecular weight excluding hydrogens is 368 g/mol. The Morgan fingerprint density at radius 1 is 1.08 bits per heavy atom. The van der Waals surface area contributed by atoms with E-state index in [0.29, 0.717) is 23.7 Å².